The van der Waals surface area contributed by atoms with E-state index in [1.807, 2.05) is 12.1 Å². The van der Waals surface area contributed by atoms with Gasteiger partial charge in [-0.05, 0) is 85.9 Å². The van der Waals surface area contributed by atoms with Crippen molar-refractivity contribution in [1.82, 2.24) is 20.0 Å². The van der Waals surface area contributed by atoms with Gasteiger partial charge in [-0.25, -0.2) is 4.39 Å². The number of hydrogen-bond donors (Lipinski definition) is 1. The van der Waals surface area contributed by atoms with Gasteiger partial charge in [-0.1, -0.05) is 43.2 Å². The Bertz CT molecular complexity index is 1510. The molecule has 3 heterocycles. The first-order chi connectivity index (χ1) is 20.9. The predicted octanol–water partition coefficient (Wildman–Crippen LogP) is 5.80. The lowest BCUT2D eigenvalue weighted by Gasteiger charge is -2.46. The van der Waals surface area contributed by atoms with E-state index in [0.29, 0.717) is 17.7 Å². The number of piperidine rings is 1. The quantitative estimate of drug-likeness (QED) is 0.414. The molecule has 0 spiro atoms. The summed E-state index contributed by atoms with van der Waals surface area (Å²) in [4.78, 5) is 43.5. The third-order valence-electron chi connectivity index (χ3n) is 10.0. The summed E-state index contributed by atoms with van der Waals surface area (Å²) >= 11 is 6.21. The number of piperazine rings is 1. The van der Waals surface area contributed by atoms with E-state index in [9.17, 15) is 14.4 Å². The molecule has 3 unspecified atom stereocenters. The van der Waals surface area contributed by atoms with Crippen molar-refractivity contribution >= 4 is 34.9 Å². The number of hydrogen-bond acceptors (Lipinski definition) is 5. The minimum atomic E-state index is -0.709. The number of imide groups is 1. The summed E-state index contributed by atoms with van der Waals surface area (Å²) in [5.41, 5.74) is 6.09. The molecule has 0 bridgehead atoms. The van der Waals surface area contributed by atoms with Crippen LogP contribution in [0.15, 0.2) is 42.0 Å². The first-order valence-electron chi connectivity index (χ1n) is 15.8. The molecule has 6 rings (SSSR count). The van der Waals surface area contributed by atoms with Gasteiger partial charge in [0.05, 0.1) is 0 Å². The molecule has 4 aliphatic rings. The molecular weight excluding hydrogens is 579 g/mol. The highest BCUT2D eigenvalue weighted by Gasteiger charge is 2.40. The van der Waals surface area contributed by atoms with Crippen LogP contribution in [0.25, 0.3) is 5.57 Å². The van der Waals surface area contributed by atoms with Gasteiger partial charge >= 0.3 is 0 Å². The van der Waals surface area contributed by atoms with Crippen LogP contribution in [0, 0.1) is 11.2 Å². The minimum absolute atomic E-state index is 0.191. The first-order valence-corrected chi connectivity index (χ1v) is 16.2. The Labute approximate surface area is 264 Å². The van der Waals surface area contributed by atoms with Crippen molar-refractivity contribution < 1.29 is 18.8 Å². The molecule has 2 fully saturated rings. The third kappa shape index (κ3) is 6.22. The van der Waals surface area contributed by atoms with E-state index in [0.717, 1.165) is 43.1 Å². The molecule has 3 amide bonds. The van der Waals surface area contributed by atoms with Gasteiger partial charge < -0.3 is 4.90 Å². The van der Waals surface area contributed by atoms with Crippen molar-refractivity contribution in [2.45, 2.75) is 91.0 Å². The summed E-state index contributed by atoms with van der Waals surface area (Å²) in [5, 5.41) is 3.07. The molecular formula is C35H42ClFN4O3. The van der Waals surface area contributed by atoms with Crippen LogP contribution in [-0.4, -0.2) is 70.2 Å². The second kappa shape index (κ2) is 12.0. The van der Waals surface area contributed by atoms with Crippen molar-refractivity contribution in [2.24, 2.45) is 5.41 Å². The van der Waals surface area contributed by atoms with E-state index >= 15 is 4.39 Å². The van der Waals surface area contributed by atoms with Gasteiger partial charge in [-0.15, -0.1) is 0 Å². The van der Waals surface area contributed by atoms with Gasteiger partial charge in [-0.2, -0.15) is 0 Å². The van der Waals surface area contributed by atoms with Crippen LogP contribution in [0.3, 0.4) is 0 Å². The molecule has 7 nitrogen and oxygen atoms in total. The van der Waals surface area contributed by atoms with Crippen LogP contribution in [-0.2, 0) is 22.7 Å². The summed E-state index contributed by atoms with van der Waals surface area (Å²) in [6.45, 7) is 12.5. The molecule has 1 N–H and O–H groups in total. The topological polar surface area (TPSA) is 73.0 Å². The number of rotatable bonds is 6. The van der Waals surface area contributed by atoms with Crippen LogP contribution in [0.5, 0.6) is 0 Å². The maximum Gasteiger partial charge on any atom is 0.255 e. The second-order valence-corrected chi connectivity index (χ2v) is 14.4. The molecule has 9 heteroatoms. The van der Waals surface area contributed by atoms with E-state index in [1.165, 1.54) is 34.1 Å². The molecule has 0 aromatic heterocycles. The highest BCUT2D eigenvalue weighted by Crippen LogP contribution is 2.43. The SMILES string of the molecule is CC1CN(Cc2cc3c(cc2F)C(=O)N(C2CCC(=O)NC2=O)C3)CC(C)N1CC1=C(c2ccc(Cl)cc2)CC(C)(C)CC1. The number of carbonyl (C=O) groups excluding carboxylic acids is 3. The summed E-state index contributed by atoms with van der Waals surface area (Å²) < 4.78 is 15.4. The number of fused-ring (bicyclic) bond motifs is 1. The third-order valence-corrected chi connectivity index (χ3v) is 10.3. The zero-order valence-electron chi connectivity index (χ0n) is 26.1. The normalized spacial score (nSPS) is 26.3. The molecule has 2 saturated heterocycles. The molecule has 3 aliphatic heterocycles. The van der Waals surface area contributed by atoms with Crippen molar-refractivity contribution in [3.63, 3.8) is 0 Å². The number of benzene rings is 2. The van der Waals surface area contributed by atoms with Crippen molar-refractivity contribution in [3.8, 4) is 0 Å². The summed E-state index contributed by atoms with van der Waals surface area (Å²) in [6, 6.07) is 11.2. The fraction of sp³-hybridized carbons (Fsp3) is 0.514. The van der Waals surface area contributed by atoms with Gasteiger partial charge in [-0.3, -0.25) is 29.5 Å². The number of amides is 3. The fourth-order valence-electron chi connectivity index (χ4n) is 7.59. The van der Waals surface area contributed by atoms with E-state index in [1.54, 1.807) is 6.07 Å². The number of halogens is 2. The molecule has 0 radical (unpaired) electrons. The highest BCUT2D eigenvalue weighted by atomic mass is 35.5. The minimum Gasteiger partial charge on any atom is -0.322 e. The lowest BCUT2D eigenvalue weighted by molar-refractivity contribution is -0.136. The fourth-order valence-corrected chi connectivity index (χ4v) is 7.72. The Hall–Kier alpha value is -3.07. The van der Waals surface area contributed by atoms with Crippen LogP contribution in [0.2, 0.25) is 5.02 Å². The Kier molecular flexibility index (Phi) is 8.46. The molecule has 2 aromatic carbocycles. The average molecular weight is 621 g/mol. The van der Waals surface area contributed by atoms with E-state index < -0.39 is 17.8 Å². The van der Waals surface area contributed by atoms with Crippen LogP contribution in [0.1, 0.15) is 86.8 Å². The standard InChI is InChI=1S/C35H42ClFN4O3/c1-21-16-39(17-22(2)40(21)19-24-11-12-35(3,4)15-29(24)23-5-7-27(36)8-6-23)18-26-13-25-20-41(34(44)28(25)14-30(26)37)31-9-10-32(42)38-33(31)43/h5-8,13-14,21-22,31H,9-12,15-20H2,1-4H3,(H,38,42,43). The first kappa shape index (κ1) is 30.9. The molecule has 3 atom stereocenters. The van der Waals surface area contributed by atoms with Crippen molar-refractivity contribution in [1.29, 1.82) is 0 Å². The van der Waals surface area contributed by atoms with Gasteiger partial charge in [0.2, 0.25) is 11.8 Å². The lowest BCUT2D eigenvalue weighted by atomic mass is 9.72. The molecule has 234 valence electrons. The number of nitrogens with zero attached hydrogens (tertiary/aromatic N) is 3. The van der Waals surface area contributed by atoms with E-state index in [2.05, 4.69) is 54.9 Å². The number of allylic oxidation sites excluding steroid dienone is 1. The molecule has 0 saturated carbocycles. The Morgan fingerprint density at radius 1 is 1.00 bits per heavy atom. The van der Waals surface area contributed by atoms with Gasteiger partial charge in [0.1, 0.15) is 11.9 Å². The maximum absolute atomic E-state index is 15.4. The zero-order valence-corrected chi connectivity index (χ0v) is 26.8. The smallest absolute Gasteiger partial charge is 0.255 e. The molecule has 44 heavy (non-hydrogen) atoms. The Balaban J connectivity index is 1.15. The van der Waals surface area contributed by atoms with E-state index in [4.69, 9.17) is 11.6 Å². The largest absolute Gasteiger partial charge is 0.322 e. The average Bonchev–Trinajstić information content (AvgIpc) is 3.26. The Morgan fingerprint density at radius 2 is 1.70 bits per heavy atom. The summed E-state index contributed by atoms with van der Waals surface area (Å²) in [7, 11) is 0. The summed E-state index contributed by atoms with van der Waals surface area (Å²) in [5.74, 6) is -1.53. The summed E-state index contributed by atoms with van der Waals surface area (Å²) in [6.07, 6.45) is 3.78. The number of carbonyl (C=O) groups is 3. The van der Waals surface area contributed by atoms with Crippen molar-refractivity contribution in [2.75, 3.05) is 19.6 Å². The van der Waals surface area contributed by atoms with Gasteiger partial charge in [0.15, 0.2) is 0 Å². The van der Waals surface area contributed by atoms with E-state index in [-0.39, 0.29) is 48.7 Å². The Morgan fingerprint density at radius 3 is 2.39 bits per heavy atom. The monoisotopic (exact) mass is 620 g/mol. The van der Waals surface area contributed by atoms with Crippen LogP contribution >= 0.6 is 11.6 Å². The zero-order chi connectivity index (χ0) is 31.3. The lowest BCUT2D eigenvalue weighted by Crippen LogP contribution is -2.56. The van der Waals surface area contributed by atoms with Crippen LogP contribution in [0.4, 0.5) is 4.39 Å². The van der Waals surface area contributed by atoms with Gasteiger partial charge in [0, 0.05) is 67.4 Å². The number of nitrogens with one attached hydrogen (secondary N) is 1. The highest BCUT2D eigenvalue weighted by molar-refractivity contribution is 6.30. The molecule has 2 aromatic rings. The van der Waals surface area contributed by atoms with Gasteiger partial charge in [0.25, 0.3) is 5.91 Å². The van der Waals surface area contributed by atoms with Crippen LogP contribution < -0.4 is 5.32 Å². The predicted molar refractivity (Wildman–Crippen MR) is 169 cm³/mol. The second-order valence-electron chi connectivity index (χ2n) is 14.0. The maximum atomic E-state index is 15.4. The van der Waals surface area contributed by atoms with Crippen molar-refractivity contribution in [3.05, 3.63) is 75.1 Å². The molecule has 1 aliphatic carbocycles.